The summed E-state index contributed by atoms with van der Waals surface area (Å²) >= 11 is 0. The van der Waals surface area contributed by atoms with E-state index in [-0.39, 0.29) is 5.75 Å². The number of likely N-dealkylation sites (tertiary alicyclic amines) is 1. The molecule has 1 fully saturated rings. The number of hydrogen-bond acceptors (Lipinski definition) is 4. The van der Waals surface area contributed by atoms with E-state index in [9.17, 15) is 14.3 Å². The van der Waals surface area contributed by atoms with Crippen LogP contribution in [0.1, 0.15) is 24.0 Å². The summed E-state index contributed by atoms with van der Waals surface area (Å²) < 4.78 is 19.1. The first-order valence-corrected chi connectivity index (χ1v) is 8.40. The lowest BCUT2D eigenvalue weighted by Crippen LogP contribution is -2.53. The molecule has 0 aliphatic carbocycles. The van der Waals surface area contributed by atoms with E-state index in [4.69, 9.17) is 10.00 Å². The molecule has 6 heteroatoms. The number of benzene rings is 2. The predicted molar refractivity (Wildman–Crippen MR) is 93.1 cm³/mol. The fourth-order valence-corrected chi connectivity index (χ4v) is 3.19. The number of carboxylic acid groups (broad SMARTS) is 1. The fraction of sp³-hybridized carbons (Fsp3) is 0.300. The maximum Gasteiger partial charge on any atom is 0.348 e. The van der Waals surface area contributed by atoms with E-state index < -0.39 is 17.4 Å². The molecule has 0 amide bonds. The van der Waals surface area contributed by atoms with Crippen LogP contribution in [0.2, 0.25) is 0 Å². The van der Waals surface area contributed by atoms with Crippen molar-refractivity contribution in [1.82, 2.24) is 4.90 Å². The lowest BCUT2D eigenvalue weighted by molar-refractivity contribution is -0.159. The molecule has 1 saturated heterocycles. The van der Waals surface area contributed by atoms with E-state index in [2.05, 4.69) is 11.0 Å². The van der Waals surface area contributed by atoms with Gasteiger partial charge in [-0.25, -0.2) is 9.18 Å². The van der Waals surface area contributed by atoms with Crippen LogP contribution in [0.15, 0.2) is 48.5 Å². The Morgan fingerprint density at radius 1 is 1.23 bits per heavy atom. The van der Waals surface area contributed by atoms with Crippen molar-refractivity contribution in [3.05, 3.63) is 65.5 Å². The monoisotopic (exact) mass is 354 g/mol. The van der Waals surface area contributed by atoms with Crippen molar-refractivity contribution in [2.45, 2.75) is 25.0 Å². The third kappa shape index (κ3) is 4.01. The van der Waals surface area contributed by atoms with Crippen molar-refractivity contribution in [2.75, 3.05) is 13.1 Å². The van der Waals surface area contributed by atoms with E-state index in [1.54, 1.807) is 12.1 Å². The number of carbonyl (C=O) groups is 1. The molecule has 0 bridgehead atoms. The second-order valence-corrected chi connectivity index (χ2v) is 6.45. The number of ether oxygens (including phenoxy) is 1. The Hall–Kier alpha value is -2.91. The molecule has 2 aromatic carbocycles. The van der Waals surface area contributed by atoms with Crippen LogP contribution in [-0.2, 0) is 11.3 Å². The molecule has 0 saturated carbocycles. The summed E-state index contributed by atoms with van der Waals surface area (Å²) in [5, 5.41) is 18.7. The molecule has 2 aromatic rings. The highest BCUT2D eigenvalue weighted by atomic mass is 19.1. The maximum absolute atomic E-state index is 13.4. The standard InChI is InChI=1S/C20H19FN2O3/c21-17-5-2-6-18(12-17)26-20(19(24)25)7-9-23(10-8-20)14-16-4-1-3-15(11-16)13-22/h1-6,11-12H,7-10,14H2,(H,24,25). The summed E-state index contributed by atoms with van der Waals surface area (Å²) in [6.07, 6.45) is 0.605. The van der Waals surface area contributed by atoms with Gasteiger partial charge >= 0.3 is 5.97 Å². The van der Waals surface area contributed by atoms with Gasteiger partial charge in [0.25, 0.3) is 0 Å². The molecule has 1 heterocycles. The van der Waals surface area contributed by atoms with Crippen molar-refractivity contribution < 1.29 is 19.0 Å². The van der Waals surface area contributed by atoms with Gasteiger partial charge in [0.2, 0.25) is 5.60 Å². The zero-order valence-electron chi connectivity index (χ0n) is 14.2. The van der Waals surface area contributed by atoms with Crippen LogP contribution in [0.5, 0.6) is 5.75 Å². The van der Waals surface area contributed by atoms with Gasteiger partial charge in [-0.05, 0) is 29.8 Å². The highest BCUT2D eigenvalue weighted by molar-refractivity contribution is 5.78. The van der Waals surface area contributed by atoms with Crippen LogP contribution >= 0.6 is 0 Å². The Morgan fingerprint density at radius 2 is 1.96 bits per heavy atom. The van der Waals surface area contributed by atoms with Gasteiger partial charge in [-0.2, -0.15) is 5.26 Å². The number of piperidine rings is 1. The fourth-order valence-electron chi connectivity index (χ4n) is 3.19. The Bertz CT molecular complexity index is 839. The van der Waals surface area contributed by atoms with E-state index in [0.29, 0.717) is 38.0 Å². The summed E-state index contributed by atoms with van der Waals surface area (Å²) in [5.74, 6) is -1.27. The quantitative estimate of drug-likeness (QED) is 0.893. The third-order valence-corrected chi connectivity index (χ3v) is 4.63. The van der Waals surface area contributed by atoms with E-state index >= 15 is 0 Å². The molecule has 5 nitrogen and oxygen atoms in total. The van der Waals surface area contributed by atoms with Crippen molar-refractivity contribution in [1.29, 1.82) is 5.26 Å². The Kier molecular flexibility index (Phi) is 5.19. The van der Waals surface area contributed by atoms with E-state index in [0.717, 1.165) is 5.56 Å². The first-order chi connectivity index (χ1) is 12.5. The third-order valence-electron chi connectivity index (χ3n) is 4.63. The minimum atomic E-state index is -1.35. The summed E-state index contributed by atoms with van der Waals surface area (Å²) in [4.78, 5) is 14.0. The molecule has 134 valence electrons. The first-order valence-electron chi connectivity index (χ1n) is 8.40. The number of hydrogen-bond donors (Lipinski definition) is 1. The second kappa shape index (κ2) is 7.54. The lowest BCUT2D eigenvalue weighted by atomic mass is 9.90. The molecule has 0 unspecified atom stereocenters. The minimum Gasteiger partial charge on any atom is -0.478 e. The van der Waals surface area contributed by atoms with Crippen molar-refractivity contribution in [3.8, 4) is 11.8 Å². The number of rotatable bonds is 5. The van der Waals surface area contributed by atoms with E-state index in [1.165, 1.54) is 18.2 Å². The van der Waals surface area contributed by atoms with Crippen LogP contribution < -0.4 is 4.74 Å². The number of aliphatic carboxylic acids is 1. The van der Waals surface area contributed by atoms with Gasteiger partial charge in [0, 0.05) is 38.5 Å². The summed E-state index contributed by atoms with van der Waals surface area (Å²) in [6.45, 7) is 1.72. The molecular formula is C20H19FN2O3. The number of nitrogens with zero attached hydrogens (tertiary/aromatic N) is 2. The SMILES string of the molecule is N#Cc1cccc(CN2CCC(Oc3cccc(F)c3)(C(=O)O)CC2)c1. The number of carboxylic acids is 1. The van der Waals surface area contributed by atoms with Crippen LogP contribution in [-0.4, -0.2) is 34.7 Å². The molecule has 1 N–H and O–H groups in total. The van der Waals surface area contributed by atoms with Crippen LogP contribution in [0.25, 0.3) is 0 Å². The predicted octanol–water partition coefficient (Wildman–Crippen LogP) is 3.20. The smallest absolute Gasteiger partial charge is 0.348 e. The average molecular weight is 354 g/mol. The molecule has 3 rings (SSSR count). The van der Waals surface area contributed by atoms with E-state index in [1.807, 2.05) is 18.2 Å². The van der Waals surface area contributed by atoms with Gasteiger partial charge in [-0.15, -0.1) is 0 Å². The first kappa shape index (κ1) is 17.9. The zero-order chi connectivity index (χ0) is 18.6. The summed E-state index contributed by atoms with van der Waals surface area (Å²) in [6, 6.07) is 15.0. The van der Waals surface area contributed by atoms with Crippen LogP contribution in [0, 0.1) is 17.1 Å². The number of nitriles is 1. The zero-order valence-corrected chi connectivity index (χ0v) is 14.2. The highest BCUT2D eigenvalue weighted by Gasteiger charge is 2.44. The summed E-state index contributed by atoms with van der Waals surface area (Å²) in [5.41, 5.74) is 0.269. The van der Waals surface area contributed by atoms with Gasteiger partial charge in [0.05, 0.1) is 11.6 Å². The largest absolute Gasteiger partial charge is 0.478 e. The van der Waals surface area contributed by atoms with Gasteiger partial charge < -0.3 is 9.84 Å². The highest BCUT2D eigenvalue weighted by Crippen LogP contribution is 2.30. The molecule has 26 heavy (non-hydrogen) atoms. The van der Waals surface area contributed by atoms with Crippen molar-refractivity contribution >= 4 is 5.97 Å². The minimum absolute atomic E-state index is 0.225. The molecule has 0 radical (unpaired) electrons. The van der Waals surface area contributed by atoms with Gasteiger partial charge in [0.15, 0.2) is 0 Å². The molecule has 0 aromatic heterocycles. The number of halogens is 1. The molecule has 0 atom stereocenters. The lowest BCUT2D eigenvalue weighted by Gasteiger charge is -2.38. The molecule has 1 aliphatic rings. The van der Waals surface area contributed by atoms with Gasteiger partial charge in [0.1, 0.15) is 11.6 Å². The normalized spacial score (nSPS) is 16.6. The molecular weight excluding hydrogens is 335 g/mol. The van der Waals surface area contributed by atoms with Gasteiger partial charge in [-0.1, -0.05) is 18.2 Å². The Labute approximate surface area is 151 Å². The van der Waals surface area contributed by atoms with Gasteiger partial charge in [-0.3, -0.25) is 4.90 Å². The van der Waals surface area contributed by atoms with Crippen LogP contribution in [0.3, 0.4) is 0 Å². The maximum atomic E-state index is 13.4. The van der Waals surface area contributed by atoms with Crippen molar-refractivity contribution in [3.63, 3.8) is 0 Å². The van der Waals surface area contributed by atoms with Crippen molar-refractivity contribution in [2.24, 2.45) is 0 Å². The molecule has 0 spiro atoms. The topological polar surface area (TPSA) is 73.6 Å². The Balaban J connectivity index is 1.67. The Morgan fingerprint density at radius 3 is 2.62 bits per heavy atom. The summed E-state index contributed by atoms with van der Waals surface area (Å²) in [7, 11) is 0. The van der Waals surface area contributed by atoms with Crippen LogP contribution in [0.4, 0.5) is 4.39 Å². The molecule has 1 aliphatic heterocycles. The second-order valence-electron chi connectivity index (χ2n) is 6.45. The average Bonchev–Trinajstić information content (AvgIpc) is 2.63.